The SMILES string of the molecule is Cc1ncc(CN2CCN(C)CC2)c(-c2nccn2[C@@H]2O[C@H](C(=O)O)[C@@H](O)[C@H](O)[C@H]2O)c1O. The van der Waals surface area contributed by atoms with Gasteiger partial charge in [0.25, 0.3) is 0 Å². The molecule has 0 bridgehead atoms. The first-order chi connectivity index (χ1) is 15.7. The van der Waals surface area contributed by atoms with E-state index in [1.807, 2.05) is 0 Å². The van der Waals surface area contributed by atoms with Crippen LogP contribution in [0.4, 0.5) is 0 Å². The second kappa shape index (κ2) is 9.33. The number of imidazole rings is 1. The van der Waals surface area contributed by atoms with E-state index in [2.05, 4.69) is 26.8 Å². The lowest BCUT2D eigenvalue weighted by molar-refractivity contribution is -0.246. The predicted molar refractivity (Wildman–Crippen MR) is 114 cm³/mol. The fourth-order valence-corrected chi connectivity index (χ4v) is 4.26. The molecule has 12 nitrogen and oxygen atoms in total. The summed E-state index contributed by atoms with van der Waals surface area (Å²) in [5.41, 5.74) is 1.47. The number of hydrogen-bond donors (Lipinski definition) is 5. The van der Waals surface area contributed by atoms with Gasteiger partial charge in [-0.1, -0.05) is 0 Å². The lowest BCUT2D eigenvalue weighted by atomic mass is 9.97. The minimum atomic E-state index is -1.80. The van der Waals surface area contributed by atoms with Crippen LogP contribution < -0.4 is 0 Å². The van der Waals surface area contributed by atoms with Crippen molar-refractivity contribution < 1.29 is 35.1 Å². The van der Waals surface area contributed by atoms with Crippen LogP contribution in [0.25, 0.3) is 11.4 Å². The summed E-state index contributed by atoms with van der Waals surface area (Å²) in [5, 5.41) is 51.1. The van der Waals surface area contributed by atoms with E-state index in [9.17, 15) is 30.3 Å². The van der Waals surface area contributed by atoms with Crippen molar-refractivity contribution in [3.05, 3.63) is 29.8 Å². The fraction of sp³-hybridized carbons (Fsp3) is 0.571. The van der Waals surface area contributed by atoms with Crippen molar-refractivity contribution in [2.45, 2.75) is 44.1 Å². The number of aromatic nitrogens is 3. The summed E-state index contributed by atoms with van der Waals surface area (Å²) < 4.78 is 6.83. The Morgan fingerprint density at radius 1 is 1.12 bits per heavy atom. The number of carbonyl (C=O) groups is 1. The van der Waals surface area contributed by atoms with Gasteiger partial charge in [-0.2, -0.15) is 0 Å². The largest absolute Gasteiger partial charge is 0.505 e. The smallest absolute Gasteiger partial charge is 0.335 e. The van der Waals surface area contributed by atoms with E-state index in [0.717, 1.165) is 26.2 Å². The Morgan fingerprint density at radius 2 is 1.82 bits per heavy atom. The van der Waals surface area contributed by atoms with Crippen LogP contribution in [0.5, 0.6) is 5.75 Å². The number of aryl methyl sites for hydroxylation is 1. The molecule has 2 fully saturated rings. The lowest BCUT2D eigenvalue weighted by Crippen LogP contribution is -2.57. The Morgan fingerprint density at radius 3 is 2.48 bits per heavy atom. The van der Waals surface area contributed by atoms with Crippen molar-refractivity contribution in [2.24, 2.45) is 0 Å². The highest BCUT2D eigenvalue weighted by Crippen LogP contribution is 2.38. The molecular formula is C21H29N5O7. The molecule has 0 unspecified atom stereocenters. The number of likely N-dealkylation sites (N-methyl/N-ethyl adjacent to an activating group) is 1. The lowest BCUT2D eigenvalue weighted by Gasteiger charge is -2.39. The molecule has 5 N–H and O–H groups in total. The maximum Gasteiger partial charge on any atom is 0.335 e. The third kappa shape index (κ3) is 4.45. The number of aliphatic carboxylic acids is 1. The Hall–Kier alpha value is -2.61. The number of nitrogens with zero attached hydrogens (tertiary/aromatic N) is 5. The second-order valence-electron chi connectivity index (χ2n) is 8.59. The van der Waals surface area contributed by atoms with E-state index in [1.54, 1.807) is 13.1 Å². The number of aliphatic hydroxyl groups is 3. The zero-order valence-corrected chi connectivity index (χ0v) is 18.4. The number of rotatable bonds is 5. The van der Waals surface area contributed by atoms with Gasteiger partial charge in [0.05, 0.1) is 11.3 Å². The van der Waals surface area contributed by atoms with Gasteiger partial charge in [-0.15, -0.1) is 0 Å². The van der Waals surface area contributed by atoms with Crippen molar-refractivity contribution in [3.63, 3.8) is 0 Å². The number of aromatic hydroxyl groups is 1. The van der Waals surface area contributed by atoms with E-state index in [1.165, 1.54) is 17.0 Å². The average Bonchev–Trinajstić information content (AvgIpc) is 3.25. The quantitative estimate of drug-likeness (QED) is 0.361. The van der Waals surface area contributed by atoms with Crippen molar-refractivity contribution in [3.8, 4) is 17.1 Å². The number of aliphatic hydroxyl groups excluding tert-OH is 3. The molecule has 0 radical (unpaired) electrons. The van der Waals surface area contributed by atoms with Crippen LogP contribution in [0, 0.1) is 6.92 Å². The van der Waals surface area contributed by atoms with E-state index in [0.29, 0.717) is 23.4 Å². The summed E-state index contributed by atoms with van der Waals surface area (Å²) in [7, 11) is 2.06. The van der Waals surface area contributed by atoms with Crippen LogP contribution in [0.1, 0.15) is 17.5 Å². The van der Waals surface area contributed by atoms with Gasteiger partial charge < -0.3 is 39.7 Å². The molecule has 5 atom stereocenters. The highest BCUT2D eigenvalue weighted by molar-refractivity contribution is 5.73. The molecular weight excluding hydrogens is 434 g/mol. The maximum absolute atomic E-state index is 11.5. The van der Waals surface area contributed by atoms with Crippen molar-refractivity contribution in [1.82, 2.24) is 24.3 Å². The minimum Gasteiger partial charge on any atom is -0.505 e. The topological polar surface area (TPSA) is 165 Å². The number of piperazine rings is 1. The monoisotopic (exact) mass is 463 g/mol. The van der Waals surface area contributed by atoms with Gasteiger partial charge in [0, 0.05) is 51.3 Å². The summed E-state index contributed by atoms with van der Waals surface area (Å²) in [4.78, 5) is 24.6. The molecule has 2 aliphatic rings. The average molecular weight is 463 g/mol. The van der Waals surface area contributed by atoms with Crippen LogP contribution in [0.15, 0.2) is 18.6 Å². The molecule has 2 saturated heterocycles. The molecule has 2 aromatic rings. The highest BCUT2D eigenvalue weighted by atomic mass is 16.6. The van der Waals surface area contributed by atoms with Gasteiger partial charge in [-0.25, -0.2) is 9.78 Å². The van der Waals surface area contributed by atoms with Crippen LogP contribution in [-0.2, 0) is 16.1 Å². The summed E-state index contributed by atoms with van der Waals surface area (Å²) in [6.45, 7) is 5.66. The van der Waals surface area contributed by atoms with E-state index in [-0.39, 0.29) is 11.6 Å². The van der Waals surface area contributed by atoms with Gasteiger partial charge in [-0.3, -0.25) is 9.88 Å². The van der Waals surface area contributed by atoms with E-state index in [4.69, 9.17) is 4.74 Å². The molecule has 0 saturated carbocycles. The predicted octanol–water partition coefficient (Wildman–Crippen LogP) is -1.23. The highest BCUT2D eigenvalue weighted by Gasteiger charge is 2.48. The first-order valence-corrected chi connectivity index (χ1v) is 10.7. The molecule has 0 aliphatic carbocycles. The molecule has 2 aliphatic heterocycles. The molecule has 12 heteroatoms. The van der Waals surface area contributed by atoms with E-state index >= 15 is 0 Å². The first-order valence-electron chi connectivity index (χ1n) is 10.7. The molecule has 33 heavy (non-hydrogen) atoms. The molecule has 4 rings (SSSR count). The third-order valence-electron chi connectivity index (χ3n) is 6.30. The zero-order valence-electron chi connectivity index (χ0n) is 18.4. The molecule has 2 aromatic heterocycles. The number of carboxylic acids is 1. The van der Waals surface area contributed by atoms with Crippen molar-refractivity contribution in [2.75, 3.05) is 33.2 Å². The number of pyridine rings is 1. The summed E-state index contributed by atoms with van der Waals surface area (Å²) in [6, 6.07) is 0. The van der Waals surface area contributed by atoms with Crippen LogP contribution in [-0.4, -0.2) is 113 Å². The summed E-state index contributed by atoms with van der Waals surface area (Å²) in [6.07, 6.45) is -3.74. The Balaban J connectivity index is 1.72. The van der Waals surface area contributed by atoms with Gasteiger partial charge in [-0.05, 0) is 19.5 Å². The van der Waals surface area contributed by atoms with Gasteiger partial charge in [0.15, 0.2) is 12.3 Å². The second-order valence-corrected chi connectivity index (χ2v) is 8.59. The Bertz CT molecular complexity index is 1010. The molecule has 0 amide bonds. The Labute approximate surface area is 190 Å². The minimum absolute atomic E-state index is 0.0882. The molecule has 180 valence electrons. The standard InChI is InChI=1S/C21H29N5O7/c1-11-14(27)13(12(9-23-11)10-25-7-5-24(2)6-8-25)19-22-3-4-26(19)20-17(30)15(28)16(29)18(33-20)21(31)32/h3-4,9,15-18,20,27-30H,5-8,10H2,1-2H3,(H,31,32)/t15-,16-,17+,18-,20+/m0/s1. The van der Waals surface area contributed by atoms with Crippen LogP contribution in [0.2, 0.25) is 0 Å². The maximum atomic E-state index is 11.5. The normalized spacial score (nSPS) is 29.3. The van der Waals surface area contributed by atoms with Gasteiger partial charge >= 0.3 is 5.97 Å². The van der Waals surface area contributed by atoms with Crippen molar-refractivity contribution in [1.29, 1.82) is 0 Å². The van der Waals surface area contributed by atoms with Gasteiger partial charge in [0.2, 0.25) is 0 Å². The van der Waals surface area contributed by atoms with E-state index < -0.39 is 36.6 Å². The third-order valence-corrected chi connectivity index (χ3v) is 6.30. The molecule has 0 aromatic carbocycles. The van der Waals surface area contributed by atoms with Crippen LogP contribution in [0.3, 0.4) is 0 Å². The zero-order chi connectivity index (χ0) is 23.9. The first kappa shape index (κ1) is 23.5. The Kier molecular flexibility index (Phi) is 6.66. The molecule has 0 spiro atoms. The fourth-order valence-electron chi connectivity index (χ4n) is 4.26. The summed E-state index contributed by atoms with van der Waals surface area (Å²) in [5.74, 6) is -1.34. The molecule has 4 heterocycles. The van der Waals surface area contributed by atoms with Crippen LogP contribution >= 0.6 is 0 Å². The number of ether oxygens (including phenoxy) is 1. The van der Waals surface area contributed by atoms with Crippen molar-refractivity contribution >= 4 is 5.97 Å². The summed E-state index contributed by atoms with van der Waals surface area (Å²) >= 11 is 0. The number of hydrogen-bond acceptors (Lipinski definition) is 10. The van der Waals surface area contributed by atoms with Gasteiger partial charge in [0.1, 0.15) is 29.9 Å². The number of carboxylic acid groups (broad SMARTS) is 1.